The van der Waals surface area contributed by atoms with Gasteiger partial charge in [0.15, 0.2) is 0 Å². The fourth-order valence-corrected chi connectivity index (χ4v) is 2.01. The molecule has 3 N–H and O–H groups in total. The highest BCUT2D eigenvalue weighted by atomic mass is 16.5. The number of rotatable bonds is 7. The summed E-state index contributed by atoms with van der Waals surface area (Å²) < 4.78 is 5.46. The number of carbonyl (C=O) groups excluding carboxylic acids is 1. The Kier molecular flexibility index (Phi) is 4.79. The Morgan fingerprint density at radius 2 is 1.89 bits per heavy atom. The number of nitrogens with one attached hydrogen (secondary N) is 2. The van der Waals surface area contributed by atoms with E-state index in [1.165, 1.54) is 0 Å². The van der Waals surface area contributed by atoms with Crippen LogP contribution in [0.5, 0.6) is 0 Å². The van der Waals surface area contributed by atoms with E-state index in [1.807, 2.05) is 20.8 Å². The van der Waals surface area contributed by atoms with Crippen molar-refractivity contribution in [2.45, 2.75) is 51.7 Å². The molecule has 1 fully saturated rings. The SMILES string of the molecule is CCOC(C)(C)CNC(=O)NC(C)(C(=O)O)C1CC1. The lowest BCUT2D eigenvalue weighted by atomic mass is 9.96. The number of hydrogen-bond donors (Lipinski definition) is 3. The first-order chi connectivity index (χ1) is 8.71. The summed E-state index contributed by atoms with van der Waals surface area (Å²) in [6.45, 7) is 8.07. The Hall–Kier alpha value is -1.30. The van der Waals surface area contributed by atoms with Gasteiger partial charge in [-0.1, -0.05) is 0 Å². The molecule has 0 bridgehead atoms. The zero-order valence-corrected chi connectivity index (χ0v) is 12.1. The summed E-state index contributed by atoms with van der Waals surface area (Å²) in [6, 6.07) is -0.468. The fourth-order valence-electron chi connectivity index (χ4n) is 2.01. The Balaban J connectivity index is 2.48. The van der Waals surface area contributed by atoms with Crippen molar-refractivity contribution in [3.8, 4) is 0 Å². The molecule has 0 aliphatic heterocycles. The van der Waals surface area contributed by atoms with Crippen LogP contribution in [0.3, 0.4) is 0 Å². The van der Waals surface area contributed by atoms with E-state index in [-0.39, 0.29) is 5.92 Å². The van der Waals surface area contributed by atoms with Gasteiger partial charge in [-0.2, -0.15) is 0 Å². The van der Waals surface area contributed by atoms with E-state index in [0.717, 1.165) is 12.8 Å². The molecule has 2 amide bonds. The molecule has 0 saturated heterocycles. The highest BCUT2D eigenvalue weighted by Gasteiger charge is 2.48. The molecule has 0 aromatic rings. The summed E-state index contributed by atoms with van der Waals surface area (Å²) in [4.78, 5) is 23.1. The molecule has 1 unspecified atom stereocenters. The van der Waals surface area contributed by atoms with Gasteiger partial charge in [-0.05, 0) is 46.5 Å². The quantitative estimate of drug-likeness (QED) is 0.653. The van der Waals surface area contributed by atoms with Crippen LogP contribution in [0, 0.1) is 5.92 Å². The number of ether oxygens (including phenoxy) is 1. The van der Waals surface area contributed by atoms with Gasteiger partial charge in [0.25, 0.3) is 0 Å². The molecule has 1 rings (SSSR count). The van der Waals surface area contributed by atoms with Gasteiger partial charge in [0.1, 0.15) is 5.54 Å². The lowest BCUT2D eigenvalue weighted by Gasteiger charge is -2.29. The van der Waals surface area contributed by atoms with E-state index >= 15 is 0 Å². The molecule has 0 radical (unpaired) electrons. The van der Waals surface area contributed by atoms with Crippen molar-refractivity contribution in [3.63, 3.8) is 0 Å². The van der Waals surface area contributed by atoms with Crippen LogP contribution in [0.15, 0.2) is 0 Å². The van der Waals surface area contributed by atoms with Gasteiger partial charge in [-0.25, -0.2) is 9.59 Å². The van der Waals surface area contributed by atoms with Gasteiger partial charge in [-0.15, -0.1) is 0 Å². The molecule has 0 aromatic heterocycles. The van der Waals surface area contributed by atoms with Crippen LogP contribution in [0.25, 0.3) is 0 Å². The number of carboxylic acid groups (broad SMARTS) is 1. The van der Waals surface area contributed by atoms with Gasteiger partial charge >= 0.3 is 12.0 Å². The average molecular weight is 272 g/mol. The fraction of sp³-hybridized carbons (Fsp3) is 0.846. The molecule has 0 heterocycles. The standard InChI is InChI=1S/C13H24N2O4/c1-5-19-12(2,3)8-14-11(18)15-13(4,10(16)17)9-6-7-9/h9H,5-8H2,1-4H3,(H,16,17)(H2,14,15,18). The number of carboxylic acids is 1. The minimum absolute atomic E-state index is 0.0238. The van der Waals surface area contributed by atoms with Crippen molar-refractivity contribution < 1.29 is 19.4 Å². The van der Waals surface area contributed by atoms with E-state index in [0.29, 0.717) is 13.2 Å². The van der Waals surface area contributed by atoms with Crippen molar-refractivity contribution in [1.82, 2.24) is 10.6 Å². The molecule has 6 heteroatoms. The Morgan fingerprint density at radius 1 is 1.32 bits per heavy atom. The van der Waals surface area contributed by atoms with Crippen LogP contribution in [0.2, 0.25) is 0 Å². The monoisotopic (exact) mass is 272 g/mol. The molecular formula is C13H24N2O4. The van der Waals surface area contributed by atoms with Gasteiger partial charge in [0.05, 0.1) is 5.60 Å². The number of carbonyl (C=O) groups is 2. The summed E-state index contributed by atoms with van der Waals surface area (Å²) in [5.74, 6) is -0.968. The topological polar surface area (TPSA) is 87.7 Å². The second-order valence-corrected chi connectivity index (χ2v) is 5.78. The van der Waals surface area contributed by atoms with E-state index in [2.05, 4.69) is 10.6 Å². The summed E-state index contributed by atoms with van der Waals surface area (Å²) in [5, 5.41) is 14.5. The van der Waals surface area contributed by atoms with Gasteiger partial charge in [0, 0.05) is 13.2 Å². The molecule has 0 spiro atoms. The third kappa shape index (κ3) is 4.38. The van der Waals surface area contributed by atoms with E-state index in [9.17, 15) is 14.7 Å². The van der Waals surface area contributed by atoms with Crippen LogP contribution in [0.4, 0.5) is 4.79 Å². The summed E-state index contributed by atoms with van der Waals surface area (Å²) in [6.07, 6.45) is 1.68. The lowest BCUT2D eigenvalue weighted by Crippen LogP contribution is -2.58. The average Bonchev–Trinajstić information content (AvgIpc) is 3.10. The number of aliphatic carboxylic acids is 1. The predicted molar refractivity (Wildman–Crippen MR) is 71.0 cm³/mol. The van der Waals surface area contributed by atoms with E-state index in [4.69, 9.17) is 4.74 Å². The minimum atomic E-state index is -1.18. The van der Waals surface area contributed by atoms with Crippen LogP contribution >= 0.6 is 0 Å². The van der Waals surface area contributed by atoms with E-state index < -0.39 is 23.1 Å². The van der Waals surface area contributed by atoms with Crippen molar-refractivity contribution in [3.05, 3.63) is 0 Å². The first-order valence-corrected chi connectivity index (χ1v) is 6.64. The van der Waals surface area contributed by atoms with Crippen molar-refractivity contribution in [1.29, 1.82) is 0 Å². The number of amides is 2. The molecule has 6 nitrogen and oxygen atoms in total. The van der Waals surface area contributed by atoms with E-state index in [1.54, 1.807) is 6.92 Å². The van der Waals surface area contributed by atoms with Gasteiger partial charge in [-0.3, -0.25) is 0 Å². The summed E-state index contributed by atoms with van der Waals surface area (Å²) >= 11 is 0. The molecule has 1 saturated carbocycles. The largest absolute Gasteiger partial charge is 0.480 e. The molecule has 1 aliphatic rings. The maximum absolute atomic E-state index is 11.8. The third-order valence-corrected chi connectivity index (χ3v) is 3.42. The first kappa shape index (κ1) is 15.8. The summed E-state index contributed by atoms with van der Waals surface area (Å²) in [5.41, 5.74) is -1.65. The number of urea groups is 1. The summed E-state index contributed by atoms with van der Waals surface area (Å²) in [7, 11) is 0. The lowest BCUT2D eigenvalue weighted by molar-refractivity contribution is -0.144. The molecule has 110 valence electrons. The molecule has 19 heavy (non-hydrogen) atoms. The second-order valence-electron chi connectivity index (χ2n) is 5.78. The molecule has 0 aromatic carbocycles. The van der Waals surface area contributed by atoms with Crippen molar-refractivity contribution >= 4 is 12.0 Å². The molecule has 1 aliphatic carbocycles. The smallest absolute Gasteiger partial charge is 0.329 e. The number of hydrogen-bond acceptors (Lipinski definition) is 3. The Labute approximate surface area is 113 Å². The Morgan fingerprint density at radius 3 is 2.32 bits per heavy atom. The van der Waals surface area contributed by atoms with Crippen molar-refractivity contribution in [2.75, 3.05) is 13.2 Å². The predicted octanol–water partition coefficient (Wildman–Crippen LogP) is 1.35. The van der Waals surface area contributed by atoms with Gasteiger partial charge < -0.3 is 20.5 Å². The zero-order valence-electron chi connectivity index (χ0n) is 12.1. The third-order valence-electron chi connectivity index (χ3n) is 3.42. The van der Waals surface area contributed by atoms with Crippen LogP contribution in [-0.2, 0) is 9.53 Å². The maximum Gasteiger partial charge on any atom is 0.329 e. The highest BCUT2D eigenvalue weighted by molar-refractivity contribution is 5.86. The normalized spacial score (nSPS) is 18.5. The molecule has 1 atom stereocenters. The second kappa shape index (κ2) is 5.77. The first-order valence-electron chi connectivity index (χ1n) is 6.64. The Bertz CT molecular complexity index is 353. The highest BCUT2D eigenvalue weighted by Crippen LogP contribution is 2.39. The van der Waals surface area contributed by atoms with Gasteiger partial charge in [0.2, 0.25) is 0 Å². The zero-order chi connectivity index (χ0) is 14.7. The van der Waals surface area contributed by atoms with Crippen molar-refractivity contribution in [2.24, 2.45) is 5.92 Å². The van der Waals surface area contributed by atoms with Crippen LogP contribution in [0.1, 0.15) is 40.5 Å². The minimum Gasteiger partial charge on any atom is -0.480 e. The molecular weight excluding hydrogens is 248 g/mol. The van der Waals surface area contributed by atoms with Crippen LogP contribution in [-0.4, -0.2) is 41.4 Å². The van der Waals surface area contributed by atoms with Crippen LogP contribution < -0.4 is 10.6 Å². The maximum atomic E-state index is 11.8.